The van der Waals surface area contributed by atoms with Crippen LogP contribution in [0.1, 0.15) is 0 Å². The van der Waals surface area contributed by atoms with Gasteiger partial charge in [-0.25, -0.2) is 15.0 Å². The summed E-state index contributed by atoms with van der Waals surface area (Å²) < 4.78 is 4.77. The fourth-order valence-corrected chi connectivity index (χ4v) is 9.84. The van der Waals surface area contributed by atoms with Crippen LogP contribution in [0.4, 0.5) is 0 Å². The Morgan fingerprint density at radius 2 is 0.529 bits per heavy atom. The third-order valence-corrected chi connectivity index (χ3v) is 13.2. The molecule has 0 aliphatic rings. The highest BCUT2D eigenvalue weighted by molar-refractivity contribution is 6.12. The topological polar surface area (TPSA) is 48.5 Å². The van der Waals surface area contributed by atoms with Crippen molar-refractivity contribution in [2.45, 2.75) is 0 Å². The van der Waals surface area contributed by atoms with Crippen LogP contribution < -0.4 is 0 Å². The Labute approximate surface area is 393 Å². The van der Waals surface area contributed by atoms with E-state index in [4.69, 9.17) is 15.0 Å². The lowest BCUT2D eigenvalue weighted by atomic mass is 10.00. The van der Waals surface area contributed by atoms with Gasteiger partial charge in [0.1, 0.15) is 0 Å². The first kappa shape index (κ1) is 39.2. The summed E-state index contributed by atoms with van der Waals surface area (Å²) in [5.74, 6) is 1.93. The van der Waals surface area contributed by atoms with Crippen LogP contribution in [0, 0.1) is 0 Å². The lowest BCUT2D eigenvalue weighted by Gasteiger charge is -2.12. The number of aromatic nitrogens is 5. The highest BCUT2D eigenvalue weighted by Gasteiger charge is 2.18. The normalized spacial score (nSPS) is 11.5. The molecule has 3 aromatic heterocycles. The zero-order chi connectivity index (χ0) is 45.0. The molecule has 0 aliphatic heterocycles. The van der Waals surface area contributed by atoms with Gasteiger partial charge in [-0.15, -0.1) is 0 Å². The van der Waals surface area contributed by atoms with Gasteiger partial charge in [0.25, 0.3) is 0 Å². The first-order chi connectivity index (χ1) is 33.7. The van der Waals surface area contributed by atoms with Gasteiger partial charge in [-0.05, 0) is 100 Å². The maximum absolute atomic E-state index is 4.98. The third kappa shape index (κ3) is 6.84. The minimum absolute atomic E-state index is 0.633. The van der Waals surface area contributed by atoms with E-state index in [9.17, 15) is 0 Å². The molecule has 5 heteroatoms. The Balaban J connectivity index is 0.864. The standard InChI is InChI=1S/C63H41N5/c1-4-14-42(15-5-1)43-24-26-44(27-25-43)45-28-34-52(35-29-45)68-57-22-12-10-20-53(57)55-38-32-50(41-60(55)68)49-33-39-59-56(40-49)54-21-11-13-23-58(54)67(59)51-36-30-48(31-37-51)63-65-61(46-16-6-2-7-17-46)64-62(66-63)47-18-8-3-9-19-47/h1-41H. The van der Waals surface area contributed by atoms with Crippen LogP contribution in [0.2, 0.25) is 0 Å². The van der Waals surface area contributed by atoms with E-state index in [1.54, 1.807) is 0 Å². The molecule has 0 amide bonds. The molecule has 0 unspecified atom stereocenters. The van der Waals surface area contributed by atoms with Crippen molar-refractivity contribution in [1.82, 2.24) is 24.1 Å². The summed E-state index contributed by atoms with van der Waals surface area (Å²) in [5.41, 5.74) is 16.8. The second kappa shape index (κ2) is 16.4. The van der Waals surface area contributed by atoms with Gasteiger partial charge in [0.2, 0.25) is 0 Å². The van der Waals surface area contributed by atoms with Crippen molar-refractivity contribution >= 4 is 43.6 Å². The summed E-state index contributed by atoms with van der Waals surface area (Å²) in [4.78, 5) is 14.8. The maximum Gasteiger partial charge on any atom is 0.164 e. The molecule has 5 nitrogen and oxygen atoms in total. The lowest BCUT2D eigenvalue weighted by Crippen LogP contribution is -2.00. The first-order valence-electron chi connectivity index (χ1n) is 23.0. The third-order valence-electron chi connectivity index (χ3n) is 13.2. The van der Waals surface area contributed by atoms with Crippen molar-refractivity contribution in [2.24, 2.45) is 0 Å². The van der Waals surface area contributed by atoms with Crippen LogP contribution in [0.25, 0.3) is 123 Å². The van der Waals surface area contributed by atoms with Crippen molar-refractivity contribution in [2.75, 3.05) is 0 Å². The highest BCUT2D eigenvalue weighted by atomic mass is 15.0. The molecule has 0 saturated heterocycles. The Morgan fingerprint density at radius 1 is 0.206 bits per heavy atom. The molecule has 13 rings (SSSR count). The SMILES string of the molecule is c1ccc(-c2ccc(-c3ccc(-n4c5ccccc5c5ccc(-c6ccc7c(c6)c6ccccc6n7-c6ccc(-c7nc(-c8ccccc8)nc(-c8ccccc8)n7)cc6)cc54)cc3)cc2)cc1. The van der Waals surface area contributed by atoms with E-state index in [-0.39, 0.29) is 0 Å². The Hall–Kier alpha value is -9.19. The van der Waals surface area contributed by atoms with E-state index >= 15 is 0 Å². The van der Waals surface area contributed by atoms with Crippen LogP contribution in [0.15, 0.2) is 249 Å². The fraction of sp³-hybridized carbons (Fsp3) is 0. The summed E-state index contributed by atoms with van der Waals surface area (Å²) >= 11 is 0. The van der Waals surface area contributed by atoms with E-state index in [1.807, 2.05) is 60.7 Å². The molecule has 0 radical (unpaired) electrons. The highest BCUT2D eigenvalue weighted by Crippen LogP contribution is 2.39. The molecule has 0 atom stereocenters. The van der Waals surface area contributed by atoms with Gasteiger partial charge in [-0.2, -0.15) is 0 Å². The van der Waals surface area contributed by atoms with E-state index in [0.29, 0.717) is 17.5 Å². The van der Waals surface area contributed by atoms with Crippen molar-refractivity contribution in [3.63, 3.8) is 0 Å². The van der Waals surface area contributed by atoms with Crippen LogP contribution >= 0.6 is 0 Å². The molecule has 0 spiro atoms. The van der Waals surface area contributed by atoms with E-state index in [2.05, 4.69) is 197 Å². The number of fused-ring (bicyclic) bond motifs is 6. The van der Waals surface area contributed by atoms with Gasteiger partial charge in [0.05, 0.1) is 22.1 Å². The summed E-state index contributed by atoms with van der Waals surface area (Å²) in [6.45, 7) is 0. The summed E-state index contributed by atoms with van der Waals surface area (Å²) in [6, 6.07) is 88.4. The predicted octanol–water partition coefficient (Wildman–Crippen LogP) is 16.1. The minimum atomic E-state index is 0.633. The smallest absolute Gasteiger partial charge is 0.164 e. The van der Waals surface area contributed by atoms with Gasteiger partial charge in [-0.1, -0.05) is 182 Å². The van der Waals surface area contributed by atoms with Gasteiger partial charge in [-0.3, -0.25) is 0 Å². The zero-order valence-corrected chi connectivity index (χ0v) is 36.9. The Morgan fingerprint density at radius 3 is 1.06 bits per heavy atom. The maximum atomic E-state index is 4.98. The minimum Gasteiger partial charge on any atom is -0.309 e. The molecule has 10 aromatic carbocycles. The molecule has 0 aliphatic carbocycles. The fourth-order valence-electron chi connectivity index (χ4n) is 9.84. The molecular weight excluding hydrogens is 827 g/mol. The molecule has 68 heavy (non-hydrogen) atoms. The average Bonchev–Trinajstić information content (AvgIpc) is 3.94. The van der Waals surface area contributed by atoms with E-state index in [0.717, 1.165) is 39.1 Å². The van der Waals surface area contributed by atoms with Crippen molar-refractivity contribution in [3.05, 3.63) is 249 Å². The molecule has 0 bridgehead atoms. The van der Waals surface area contributed by atoms with Gasteiger partial charge >= 0.3 is 0 Å². The molecule has 13 aromatic rings. The second-order valence-corrected chi connectivity index (χ2v) is 17.2. The number of benzene rings is 10. The average molecular weight is 868 g/mol. The largest absolute Gasteiger partial charge is 0.309 e. The van der Waals surface area contributed by atoms with Gasteiger partial charge in [0, 0.05) is 49.6 Å². The van der Waals surface area contributed by atoms with E-state index in [1.165, 1.54) is 66.0 Å². The molecule has 0 N–H and O–H groups in total. The summed E-state index contributed by atoms with van der Waals surface area (Å²) in [5, 5.41) is 4.88. The quantitative estimate of drug-likeness (QED) is 0.153. The monoisotopic (exact) mass is 867 g/mol. The first-order valence-corrected chi connectivity index (χ1v) is 23.0. The molecular formula is C63H41N5. The summed E-state index contributed by atoms with van der Waals surface area (Å²) in [6.07, 6.45) is 0. The summed E-state index contributed by atoms with van der Waals surface area (Å²) in [7, 11) is 0. The van der Waals surface area contributed by atoms with Crippen molar-refractivity contribution < 1.29 is 0 Å². The van der Waals surface area contributed by atoms with Gasteiger partial charge in [0.15, 0.2) is 17.5 Å². The molecule has 0 fully saturated rings. The predicted molar refractivity (Wildman–Crippen MR) is 281 cm³/mol. The molecule has 0 saturated carbocycles. The number of nitrogens with zero attached hydrogens (tertiary/aromatic N) is 5. The molecule has 3 heterocycles. The van der Waals surface area contributed by atoms with Crippen LogP contribution in [0.5, 0.6) is 0 Å². The zero-order valence-electron chi connectivity index (χ0n) is 36.9. The molecule has 318 valence electrons. The number of hydrogen-bond acceptors (Lipinski definition) is 3. The number of rotatable bonds is 8. The Kier molecular flexibility index (Phi) is 9.43. The van der Waals surface area contributed by atoms with Crippen LogP contribution in [-0.4, -0.2) is 24.1 Å². The van der Waals surface area contributed by atoms with Crippen LogP contribution in [-0.2, 0) is 0 Å². The van der Waals surface area contributed by atoms with Crippen molar-refractivity contribution in [1.29, 1.82) is 0 Å². The number of para-hydroxylation sites is 2. The Bertz CT molecular complexity index is 3910. The number of hydrogen-bond donors (Lipinski definition) is 0. The van der Waals surface area contributed by atoms with Crippen molar-refractivity contribution in [3.8, 4) is 78.9 Å². The lowest BCUT2D eigenvalue weighted by molar-refractivity contribution is 1.07. The van der Waals surface area contributed by atoms with E-state index < -0.39 is 0 Å². The van der Waals surface area contributed by atoms with Gasteiger partial charge < -0.3 is 9.13 Å². The second-order valence-electron chi connectivity index (χ2n) is 17.2. The van der Waals surface area contributed by atoms with Crippen LogP contribution in [0.3, 0.4) is 0 Å².